The molecule has 0 N–H and O–H groups in total. The van der Waals surface area contributed by atoms with Crippen LogP contribution in [0.2, 0.25) is 0 Å². The summed E-state index contributed by atoms with van der Waals surface area (Å²) < 4.78 is 26.5. The van der Waals surface area contributed by atoms with Gasteiger partial charge in [-0.05, 0) is 29.3 Å². The Hall–Kier alpha value is -2.49. The third kappa shape index (κ3) is 2.20. The maximum atomic E-state index is 13.6. The molecule has 1 aliphatic heterocycles. The molecule has 0 saturated carbocycles. The quantitative estimate of drug-likeness (QED) is 0.776. The number of hydrogen-bond acceptors (Lipinski definition) is 1. The minimum atomic E-state index is -0.845. The number of nitrogens with zero attached hydrogens (tertiary/aromatic N) is 1. The van der Waals surface area contributed by atoms with Crippen LogP contribution >= 0.6 is 0 Å². The van der Waals surface area contributed by atoms with Gasteiger partial charge in [0.2, 0.25) is 0 Å². The summed E-state index contributed by atoms with van der Waals surface area (Å²) >= 11 is 0. The fourth-order valence-electron chi connectivity index (χ4n) is 2.20. The largest absolute Gasteiger partial charge is 0.310 e. The van der Waals surface area contributed by atoms with E-state index in [1.807, 2.05) is 24.3 Å². The fourth-order valence-corrected chi connectivity index (χ4v) is 2.20. The summed E-state index contributed by atoms with van der Waals surface area (Å²) in [5.74, 6) is -2.02. The number of hydrogen-bond donors (Lipinski definition) is 0. The summed E-state index contributed by atoms with van der Waals surface area (Å²) in [4.78, 5) is 13.7. The summed E-state index contributed by atoms with van der Waals surface area (Å²) in [6.45, 7) is 0.377. The zero-order valence-electron chi connectivity index (χ0n) is 10.5. The Labute approximate surface area is 115 Å². The molecule has 0 spiro atoms. The molecule has 1 aliphatic rings. The minimum absolute atomic E-state index is 0.129. The van der Waals surface area contributed by atoms with E-state index in [0.717, 1.165) is 23.3 Å². The predicted molar refractivity (Wildman–Crippen MR) is 71.7 cm³/mol. The van der Waals surface area contributed by atoms with E-state index in [2.05, 4.69) is 0 Å². The number of fused-ring (bicyclic) bond motifs is 1. The molecule has 1 heterocycles. The summed E-state index contributed by atoms with van der Waals surface area (Å²) in [6.07, 6.45) is 3.42. The highest BCUT2D eigenvalue weighted by atomic mass is 19.1. The topological polar surface area (TPSA) is 20.3 Å². The van der Waals surface area contributed by atoms with Crippen molar-refractivity contribution in [1.29, 1.82) is 0 Å². The molecule has 0 fully saturated rings. The summed E-state index contributed by atoms with van der Waals surface area (Å²) in [5.41, 5.74) is 1.90. The van der Waals surface area contributed by atoms with Gasteiger partial charge in [0.1, 0.15) is 11.6 Å². The SMILES string of the molecule is O=C(c1ccc(F)cc1F)N1C=Cc2ccccc2C1. The van der Waals surface area contributed by atoms with Crippen LogP contribution in [-0.4, -0.2) is 10.8 Å². The molecule has 2 nitrogen and oxygen atoms in total. The molecule has 1 amide bonds. The van der Waals surface area contributed by atoms with Crippen LogP contribution < -0.4 is 0 Å². The Morgan fingerprint density at radius 3 is 2.70 bits per heavy atom. The normalized spacial score (nSPS) is 13.2. The summed E-state index contributed by atoms with van der Waals surface area (Å²) in [6, 6.07) is 10.6. The van der Waals surface area contributed by atoms with E-state index in [1.165, 1.54) is 11.0 Å². The lowest BCUT2D eigenvalue weighted by molar-refractivity contribution is 0.0808. The molecule has 100 valence electrons. The third-order valence-corrected chi connectivity index (χ3v) is 3.25. The third-order valence-electron chi connectivity index (χ3n) is 3.25. The van der Waals surface area contributed by atoms with Gasteiger partial charge in [0.25, 0.3) is 5.91 Å². The standard InChI is InChI=1S/C16H11F2NO/c17-13-5-6-14(15(18)9-13)16(20)19-8-7-11-3-1-2-4-12(11)10-19/h1-9H,10H2. The molecule has 0 aromatic heterocycles. The van der Waals surface area contributed by atoms with Crippen molar-refractivity contribution >= 4 is 12.0 Å². The van der Waals surface area contributed by atoms with E-state index in [0.29, 0.717) is 6.54 Å². The summed E-state index contributed by atoms with van der Waals surface area (Å²) in [5, 5.41) is 0. The van der Waals surface area contributed by atoms with Crippen LogP contribution in [0.25, 0.3) is 6.08 Å². The highest BCUT2D eigenvalue weighted by Crippen LogP contribution is 2.22. The van der Waals surface area contributed by atoms with Gasteiger partial charge in [0.05, 0.1) is 12.1 Å². The summed E-state index contributed by atoms with van der Waals surface area (Å²) in [7, 11) is 0. The van der Waals surface area contributed by atoms with Gasteiger partial charge >= 0.3 is 0 Å². The Bertz CT molecular complexity index is 709. The highest BCUT2D eigenvalue weighted by molar-refractivity contribution is 5.95. The van der Waals surface area contributed by atoms with Gasteiger partial charge in [-0.25, -0.2) is 8.78 Å². The van der Waals surface area contributed by atoms with Crippen LogP contribution in [-0.2, 0) is 6.54 Å². The van der Waals surface area contributed by atoms with Gasteiger partial charge in [0, 0.05) is 12.3 Å². The number of benzene rings is 2. The number of amides is 1. The van der Waals surface area contributed by atoms with Crippen molar-refractivity contribution in [2.24, 2.45) is 0 Å². The average Bonchev–Trinajstić information content (AvgIpc) is 2.46. The number of rotatable bonds is 1. The van der Waals surface area contributed by atoms with Crippen molar-refractivity contribution in [2.45, 2.75) is 6.54 Å². The smallest absolute Gasteiger partial charge is 0.261 e. The molecule has 0 unspecified atom stereocenters. The molecular formula is C16H11F2NO. The number of carbonyl (C=O) groups is 1. The van der Waals surface area contributed by atoms with Crippen LogP contribution in [0.15, 0.2) is 48.7 Å². The van der Waals surface area contributed by atoms with Gasteiger partial charge < -0.3 is 4.90 Å². The van der Waals surface area contributed by atoms with Crippen molar-refractivity contribution in [3.63, 3.8) is 0 Å². The molecule has 0 aliphatic carbocycles. The van der Waals surface area contributed by atoms with Crippen molar-refractivity contribution in [1.82, 2.24) is 4.90 Å². The van der Waals surface area contributed by atoms with Crippen molar-refractivity contribution in [3.05, 3.63) is 77.0 Å². The Balaban J connectivity index is 1.90. The van der Waals surface area contributed by atoms with Crippen LogP contribution in [0.4, 0.5) is 8.78 Å². The lowest BCUT2D eigenvalue weighted by Crippen LogP contribution is -2.28. The first-order chi connectivity index (χ1) is 9.65. The van der Waals surface area contributed by atoms with E-state index in [1.54, 1.807) is 12.3 Å². The Kier molecular flexibility index (Phi) is 3.06. The molecule has 3 rings (SSSR count). The Morgan fingerprint density at radius 2 is 1.90 bits per heavy atom. The van der Waals surface area contributed by atoms with Gasteiger partial charge in [-0.15, -0.1) is 0 Å². The molecule has 0 saturated heterocycles. The predicted octanol–water partition coefficient (Wildman–Crippen LogP) is 3.59. The van der Waals surface area contributed by atoms with Crippen LogP contribution in [0.3, 0.4) is 0 Å². The maximum Gasteiger partial charge on any atom is 0.261 e. The molecule has 2 aromatic carbocycles. The average molecular weight is 271 g/mol. The molecule has 2 aromatic rings. The molecule has 4 heteroatoms. The second kappa shape index (κ2) is 4.89. The monoisotopic (exact) mass is 271 g/mol. The number of carbonyl (C=O) groups excluding carboxylic acids is 1. The van der Waals surface area contributed by atoms with Crippen LogP contribution in [0.1, 0.15) is 21.5 Å². The van der Waals surface area contributed by atoms with Gasteiger partial charge in [-0.3, -0.25) is 4.79 Å². The highest BCUT2D eigenvalue weighted by Gasteiger charge is 2.21. The zero-order valence-corrected chi connectivity index (χ0v) is 10.5. The molecule has 0 atom stereocenters. The zero-order chi connectivity index (χ0) is 14.1. The van der Waals surface area contributed by atoms with E-state index in [9.17, 15) is 13.6 Å². The van der Waals surface area contributed by atoms with Crippen LogP contribution in [0, 0.1) is 11.6 Å². The minimum Gasteiger partial charge on any atom is -0.310 e. The Morgan fingerprint density at radius 1 is 1.10 bits per heavy atom. The lowest BCUT2D eigenvalue weighted by Gasteiger charge is -2.23. The second-order valence-electron chi connectivity index (χ2n) is 4.57. The van der Waals surface area contributed by atoms with Gasteiger partial charge in [-0.1, -0.05) is 24.3 Å². The van der Waals surface area contributed by atoms with Crippen LogP contribution in [0.5, 0.6) is 0 Å². The number of halogens is 2. The molecule has 20 heavy (non-hydrogen) atoms. The first-order valence-electron chi connectivity index (χ1n) is 6.17. The first kappa shape index (κ1) is 12.5. The van der Waals surface area contributed by atoms with E-state index < -0.39 is 17.5 Å². The van der Waals surface area contributed by atoms with Crippen molar-refractivity contribution in [3.8, 4) is 0 Å². The van der Waals surface area contributed by atoms with E-state index >= 15 is 0 Å². The van der Waals surface area contributed by atoms with Crippen molar-refractivity contribution in [2.75, 3.05) is 0 Å². The lowest BCUT2D eigenvalue weighted by atomic mass is 10.0. The van der Waals surface area contributed by atoms with Gasteiger partial charge in [-0.2, -0.15) is 0 Å². The van der Waals surface area contributed by atoms with E-state index in [-0.39, 0.29) is 5.56 Å². The molecule has 0 bridgehead atoms. The van der Waals surface area contributed by atoms with Gasteiger partial charge in [0.15, 0.2) is 0 Å². The second-order valence-corrected chi connectivity index (χ2v) is 4.57. The first-order valence-corrected chi connectivity index (χ1v) is 6.17. The molecular weight excluding hydrogens is 260 g/mol. The fraction of sp³-hybridized carbons (Fsp3) is 0.0625. The van der Waals surface area contributed by atoms with Crippen molar-refractivity contribution < 1.29 is 13.6 Å². The van der Waals surface area contributed by atoms with E-state index in [4.69, 9.17) is 0 Å². The molecule has 0 radical (unpaired) electrons. The maximum absolute atomic E-state index is 13.6.